The van der Waals surface area contributed by atoms with Crippen LogP contribution in [0.15, 0.2) is 60.0 Å². The number of nitriles is 1. The number of carbonyl (C=O) groups excluding carboxylic acids is 3. The second kappa shape index (κ2) is 12.9. The van der Waals surface area contributed by atoms with Crippen LogP contribution in [0.3, 0.4) is 0 Å². The molecule has 0 atom stereocenters. The molecule has 2 N–H and O–H groups in total. The minimum Gasteiger partial charge on any atom is -0.454 e. The van der Waals surface area contributed by atoms with E-state index in [-0.39, 0.29) is 34.0 Å². The van der Waals surface area contributed by atoms with Gasteiger partial charge in [-0.25, -0.2) is 4.79 Å². The van der Waals surface area contributed by atoms with Crippen molar-refractivity contribution in [2.75, 3.05) is 18.6 Å². The Bertz CT molecular complexity index is 1500. The SMILES string of the molecule is CCOC(=O)NC(=O)C(C#N)=NNc1cc(Cl)c(Oc2ccc3c(c2)CCN(Cc2ccncc2)C3=O)c(Cl)c1. The number of hydrazone groups is 1. The molecule has 1 aliphatic rings. The summed E-state index contributed by atoms with van der Waals surface area (Å²) in [5, 5.41) is 15.0. The summed E-state index contributed by atoms with van der Waals surface area (Å²) in [5.41, 5.74) is 4.59. The van der Waals surface area contributed by atoms with Crippen LogP contribution in [0.1, 0.15) is 28.4 Å². The molecule has 1 aliphatic heterocycles. The minimum absolute atomic E-state index is 0.0526. The molecule has 0 radical (unpaired) electrons. The predicted octanol–water partition coefficient (Wildman–Crippen LogP) is 4.94. The van der Waals surface area contributed by atoms with E-state index in [1.165, 1.54) is 12.1 Å². The maximum atomic E-state index is 13.0. The third-order valence-electron chi connectivity index (χ3n) is 5.70. The summed E-state index contributed by atoms with van der Waals surface area (Å²) < 4.78 is 10.5. The van der Waals surface area contributed by atoms with Crippen molar-refractivity contribution >= 4 is 52.5 Å². The molecule has 40 heavy (non-hydrogen) atoms. The number of amides is 3. The average Bonchev–Trinajstić information content (AvgIpc) is 2.93. The topological polar surface area (TPSA) is 146 Å². The highest BCUT2D eigenvalue weighted by molar-refractivity contribution is 6.47. The van der Waals surface area contributed by atoms with Crippen LogP contribution in [0.4, 0.5) is 10.5 Å². The van der Waals surface area contributed by atoms with Gasteiger partial charge in [0.05, 0.1) is 22.3 Å². The number of nitrogens with zero attached hydrogens (tertiary/aromatic N) is 4. The lowest BCUT2D eigenvalue weighted by Crippen LogP contribution is -2.37. The number of benzene rings is 2. The van der Waals surface area contributed by atoms with Crippen molar-refractivity contribution in [3.8, 4) is 17.6 Å². The van der Waals surface area contributed by atoms with E-state index >= 15 is 0 Å². The molecular weight excluding hydrogens is 559 g/mol. The van der Waals surface area contributed by atoms with Gasteiger partial charge in [-0.1, -0.05) is 23.2 Å². The summed E-state index contributed by atoms with van der Waals surface area (Å²) in [6.07, 6.45) is 3.04. The molecule has 0 aliphatic carbocycles. The average molecular weight is 581 g/mol. The third-order valence-corrected chi connectivity index (χ3v) is 6.26. The van der Waals surface area contributed by atoms with Gasteiger partial charge in [0.15, 0.2) is 5.75 Å². The standard InChI is InChI=1S/C27H22Cl2N6O5/c1-2-39-27(38)32-25(36)23(14-30)34-33-18-12-21(28)24(22(29)13-18)40-19-3-4-20-17(11-19)7-10-35(26(20)37)15-16-5-8-31-9-6-16/h3-6,8-9,11-13,33H,2,7,10,15H2,1H3,(H,32,36,38). The van der Waals surface area contributed by atoms with Gasteiger partial charge in [-0.05, 0) is 66.9 Å². The van der Waals surface area contributed by atoms with Crippen molar-refractivity contribution in [3.63, 3.8) is 0 Å². The van der Waals surface area contributed by atoms with Gasteiger partial charge in [-0.2, -0.15) is 10.4 Å². The number of imide groups is 1. The largest absolute Gasteiger partial charge is 0.454 e. The van der Waals surface area contributed by atoms with E-state index in [0.29, 0.717) is 30.8 Å². The summed E-state index contributed by atoms with van der Waals surface area (Å²) in [6, 6.07) is 13.4. The van der Waals surface area contributed by atoms with E-state index < -0.39 is 17.7 Å². The smallest absolute Gasteiger partial charge is 0.414 e. The molecule has 0 unspecified atom stereocenters. The number of rotatable bonds is 8. The first-order valence-corrected chi connectivity index (χ1v) is 12.7. The van der Waals surface area contributed by atoms with Gasteiger partial charge < -0.3 is 14.4 Å². The summed E-state index contributed by atoms with van der Waals surface area (Å²) in [5.74, 6) is -0.500. The molecule has 13 heteroatoms. The van der Waals surface area contributed by atoms with Crippen LogP contribution < -0.4 is 15.5 Å². The predicted molar refractivity (Wildman–Crippen MR) is 147 cm³/mol. The van der Waals surface area contributed by atoms with E-state index in [9.17, 15) is 19.6 Å². The van der Waals surface area contributed by atoms with Gasteiger partial charge in [0.2, 0.25) is 5.71 Å². The molecule has 3 aromatic rings. The van der Waals surface area contributed by atoms with E-state index in [1.54, 1.807) is 48.5 Å². The number of aromatic nitrogens is 1. The fourth-order valence-electron chi connectivity index (χ4n) is 3.84. The van der Waals surface area contributed by atoms with E-state index in [4.69, 9.17) is 27.9 Å². The van der Waals surface area contributed by atoms with Crippen molar-refractivity contribution in [1.82, 2.24) is 15.2 Å². The monoisotopic (exact) mass is 580 g/mol. The summed E-state index contributed by atoms with van der Waals surface area (Å²) in [6.45, 7) is 2.68. The normalized spacial score (nSPS) is 12.7. The van der Waals surface area contributed by atoms with Crippen LogP contribution in [-0.2, 0) is 22.5 Å². The quantitative estimate of drug-likeness (QED) is 0.281. The van der Waals surface area contributed by atoms with Gasteiger partial charge in [0, 0.05) is 31.0 Å². The summed E-state index contributed by atoms with van der Waals surface area (Å²) in [4.78, 5) is 42.2. The van der Waals surface area contributed by atoms with Gasteiger partial charge in [-0.15, -0.1) is 0 Å². The second-order valence-corrected chi connectivity index (χ2v) is 9.20. The van der Waals surface area contributed by atoms with Gasteiger partial charge in [0.1, 0.15) is 11.8 Å². The Hall–Kier alpha value is -4.66. The summed E-state index contributed by atoms with van der Waals surface area (Å²) in [7, 11) is 0. The zero-order valence-corrected chi connectivity index (χ0v) is 22.6. The first kappa shape index (κ1) is 28.4. The highest BCUT2D eigenvalue weighted by Gasteiger charge is 2.25. The van der Waals surface area contributed by atoms with Crippen molar-refractivity contribution in [2.24, 2.45) is 5.10 Å². The molecule has 204 valence electrons. The van der Waals surface area contributed by atoms with Gasteiger partial charge >= 0.3 is 6.09 Å². The van der Waals surface area contributed by atoms with E-state index in [0.717, 1.165) is 11.1 Å². The molecule has 0 bridgehead atoms. The Morgan fingerprint density at radius 3 is 2.55 bits per heavy atom. The zero-order chi connectivity index (χ0) is 28.6. The Labute approximate surface area is 239 Å². The minimum atomic E-state index is -1.04. The van der Waals surface area contributed by atoms with Gasteiger partial charge in [-0.3, -0.25) is 25.3 Å². The van der Waals surface area contributed by atoms with Crippen LogP contribution >= 0.6 is 23.2 Å². The molecule has 1 aromatic heterocycles. The van der Waals surface area contributed by atoms with E-state index in [2.05, 4.69) is 20.2 Å². The number of hydrogen-bond donors (Lipinski definition) is 2. The van der Waals surface area contributed by atoms with Crippen molar-refractivity contribution < 1.29 is 23.9 Å². The zero-order valence-electron chi connectivity index (χ0n) is 21.1. The Morgan fingerprint density at radius 1 is 1.15 bits per heavy atom. The van der Waals surface area contributed by atoms with Gasteiger partial charge in [0.25, 0.3) is 11.8 Å². The highest BCUT2D eigenvalue weighted by atomic mass is 35.5. The lowest BCUT2D eigenvalue weighted by molar-refractivity contribution is -0.114. The molecule has 3 amide bonds. The third kappa shape index (κ3) is 6.85. The molecule has 0 fully saturated rings. The number of fused-ring (bicyclic) bond motifs is 1. The first-order chi connectivity index (χ1) is 19.3. The lowest BCUT2D eigenvalue weighted by Gasteiger charge is -2.29. The number of carbonyl (C=O) groups is 3. The molecule has 0 saturated carbocycles. The first-order valence-electron chi connectivity index (χ1n) is 12.0. The maximum absolute atomic E-state index is 13.0. The number of alkyl carbamates (subject to hydrolysis) is 1. The van der Waals surface area contributed by atoms with Crippen LogP contribution in [0.25, 0.3) is 0 Å². The number of pyridine rings is 1. The van der Waals surface area contributed by atoms with Crippen LogP contribution in [-0.4, -0.2) is 46.7 Å². The van der Waals surface area contributed by atoms with Crippen molar-refractivity contribution in [2.45, 2.75) is 19.9 Å². The number of nitrogens with one attached hydrogen (secondary N) is 2. The number of anilines is 1. The van der Waals surface area contributed by atoms with Crippen molar-refractivity contribution in [1.29, 1.82) is 5.26 Å². The maximum Gasteiger partial charge on any atom is 0.414 e. The molecular formula is C27H22Cl2N6O5. The van der Waals surface area contributed by atoms with Crippen LogP contribution in [0, 0.1) is 11.3 Å². The van der Waals surface area contributed by atoms with Crippen LogP contribution in [0.5, 0.6) is 11.5 Å². The molecule has 0 spiro atoms. The Balaban J connectivity index is 1.44. The van der Waals surface area contributed by atoms with E-state index in [1.807, 2.05) is 17.4 Å². The Morgan fingerprint density at radius 2 is 1.88 bits per heavy atom. The molecule has 11 nitrogen and oxygen atoms in total. The molecule has 0 saturated heterocycles. The number of hydrogen-bond acceptors (Lipinski definition) is 9. The number of halogens is 2. The van der Waals surface area contributed by atoms with Crippen molar-refractivity contribution in [3.05, 3.63) is 81.6 Å². The molecule has 4 rings (SSSR count). The Kier molecular flexibility index (Phi) is 9.16. The number of ether oxygens (including phenoxy) is 2. The fraction of sp³-hybridized carbons (Fsp3) is 0.185. The van der Waals surface area contributed by atoms with Crippen LogP contribution in [0.2, 0.25) is 10.0 Å². The fourth-order valence-corrected chi connectivity index (χ4v) is 4.41. The molecule has 2 heterocycles. The lowest BCUT2D eigenvalue weighted by atomic mass is 9.98. The molecule has 2 aromatic carbocycles. The highest BCUT2D eigenvalue weighted by Crippen LogP contribution is 2.39. The second-order valence-electron chi connectivity index (χ2n) is 8.38. The summed E-state index contributed by atoms with van der Waals surface area (Å²) >= 11 is 12.8.